The number of unbranched alkanes of at least 4 members (excludes halogenated alkanes) is 3. The summed E-state index contributed by atoms with van der Waals surface area (Å²) in [5.74, 6) is 0. The zero-order valence-corrected chi connectivity index (χ0v) is 14.0. The fraction of sp³-hybridized carbons (Fsp3) is 1.00. The maximum atomic E-state index is 5.64. The zero-order chi connectivity index (χ0) is 12.3. The Bertz CT molecular complexity index is 126. The molecule has 0 aliphatic carbocycles. The second kappa shape index (κ2) is 10.3. The molecule has 1 nitrogen and oxygen atoms in total. The first-order valence-corrected chi connectivity index (χ1v) is 8.05. The average Bonchev–Trinajstić information content (AvgIpc) is 2.31. The van der Waals surface area contributed by atoms with Crippen molar-refractivity contribution in [3.8, 4) is 0 Å². The minimum absolute atomic E-state index is 0.518. The summed E-state index contributed by atoms with van der Waals surface area (Å²) >= 11 is 0. The number of rotatable bonds is 11. The van der Waals surface area contributed by atoms with Crippen LogP contribution in [0.15, 0.2) is 0 Å². The summed E-state index contributed by atoms with van der Waals surface area (Å²) in [6, 6.07) is 0. The van der Waals surface area contributed by atoms with Gasteiger partial charge in [0.2, 0.25) is 0 Å². The van der Waals surface area contributed by atoms with E-state index in [0.717, 1.165) is 17.1 Å². The van der Waals surface area contributed by atoms with Gasteiger partial charge >= 0.3 is 0 Å². The predicted molar refractivity (Wildman–Crippen MR) is 76.9 cm³/mol. The Morgan fingerprint density at radius 3 is 1.44 bits per heavy atom. The predicted octanol–water partition coefficient (Wildman–Crippen LogP) is 3.84. The van der Waals surface area contributed by atoms with Crippen molar-refractivity contribution in [2.24, 2.45) is 5.41 Å². The lowest BCUT2D eigenvalue weighted by atomic mass is 9.75. The van der Waals surface area contributed by atoms with Crippen LogP contribution in [0.1, 0.15) is 78.6 Å². The summed E-state index contributed by atoms with van der Waals surface area (Å²) in [7, 11) is 0.896. The maximum absolute atomic E-state index is 5.64. The molecule has 98 valence electrons. The molecule has 2 heteroatoms. The molecule has 0 radical (unpaired) electrons. The standard InChI is InChI=1S/C14H32OSi/c1-4-7-10-14(13-15-16,11-8-5-2)12-9-6-3/h4-13H2,1-3,16H3. The van der Waals surface area contributed by atoms with E-state index in [1.54, 1.807) is 0 Å². The highest BCUT2D eigenvalue weighted by molar-refractivity contribution is 5.97. The van der Waals surface area contributed by atoms with Gasteiger partial charge in [-0.25, -0.2) is 0 Å². The summed E-state index contributed by atoms with van der Waals surface area (Å²) in [5, 5.41) is 0. The van der Waals surface area contributed by atoms with Gasteiger partial charge in [0.05, 0.1) is 0 Å². The van der Waals surface area contributed by atoms with Crippen LogP contribution in [0, 0.1) is 5.41 Å². The number of hydrogen-bond donors (Lipinski definition) is 0. The van der Waals surface area contributed by atoms with E-state index in [0.29, 0.717) is 5.41 Å². The van der Waals surface area contributed by atoms with Gasteiger partial charge in [-0.1, -0.05) is 59.3 Å². The molecule has 0 amide bonds. The second-order valence-corrected chi connectivity index (χ2v) is 5.82. The smallest absolute Gasteiger partial charge is 0.145 e. The first kappa shape index (κ1) is 16.2. The van der Waals surface area contributed by atoms with Crippen LogP contribution in [0.3, 0.4) is 0 Å². The van der Waals surface area contributed by atoms with Gasteiger partial charge in [-0.2, -0.15) is 0 Å². The molecule has 0 bridgehead atoms. The van der Waals surface area contributed by atoms with Gasteiger partial charge in [-0.05, 0) is 24.7 Å². The van der Waals surface area contributed by atoms with Crippen LogP contribution >= 0.6 is 0 Å². The summed E-state index contributed by atoms with van der Waals surface area (Å²) in [5.41, 5.74) is 0.518. The van der Waals surface area contributed by atoms with Gasteiger partial charge in [0.1, 0.15) is 10.5 Å². The molecule has 0 atom stereocenters. The van der Waals surface area contributed by atoms with Crippen molar-refractivity contribution in [2.75, 3.05) is 6.61 Å². The Balaban J connectivity index is 4.32. The van der Waals surface area contributed by atoms with Gasteiger partial charge in [0.25, 0.3) is 0 Å². The number of hydrogen-bond acceptors (Lipinski definition) is 1. The van der Waals surface area contributed by atoms with E-state index in [1.165, 1.54) is 57.8 Å². The van der Waals surface area contributed by atoms with Gasteiger partial charge in [-0.3, -0.25) is 0 Å². The van der Waals surface area contributed by atoms with Gasteiger partial charge in [0, 0.05) is 6.61 Å². The van der Waals surface area contributed by atoms with E-state index < -0.39 is 0 Å². The quantitative estimate of drug-likeness (QED) is 0.502. The molecule has 16 heavy (non-hydrogen) atoms. The van der Waals surface area contributed by atoms with E-state index in [2.05, 4.69) is 20.8 Å². The highest BCUT2D eigenvalue weighted by Gasteiger charge is 2.27. The third kappa shape index (κ3) is 6.69. The Morgan fingerprint density at radius 2 is 1.19 bits per heavy atom. The van der Waals surface area contributed by atoms with Crippen molar-refractivity contribution in [1.29, 1.82) is 0 Å². The van der Waals surface area contributed by atoms with Crippen LogP contribution < -0.4 is 0 Å². The molecular weight excluding hydrogens is 212 g/mol. The van der Waals surface area contributed by atoms with Crippen molar-refractivity contribution < 1.29 is 4.43 Å². The molecule has 0 unspecified atom stereocenters. The van der Waals surface area contributed by atoms with Crippen LogP contribution in [0.25, 0.3) is 0 Å². The van der Waals surface area contributed by atoms with Crippen molar-refractivity contribution in [1.82, 2.24) is 0 Å². The van der Waals surface area contributed by atoms with Gasteiger partial charge < -0.3 is 4.43 Å². The summed E-state index contributed by atoms with van der Waals surface area (Å²) in [6.45, 7) is 7.92. The van der Waals surface area contributed by atoms with Crippen LogP contribution in [0.2, 0.25) is 0 Å². The maximum Gasteiger partial charge on any atom is 0.145 e. The molecule has 0 aliphatic rings. The topological polar surface area (TPSA) is 9.23 Å². The first-order chi connectivity index (χ1) is 7.74. The van der Waals surface area contributed by atoms with Crippen molar-refractivity contribution in [3.05, 3.63) is 0 Å². The highest BCUT2D eigenvalue weighted by atomic mass is 28.2. The molecule has 0 aliphatic heterocycles. The zero-order valence-electron chi connectivity index (χ0n) is 12.0. The molecule has 0 N–H and O–H groups in total. The summed E-state index contributed by atoms with van der Waals surface area (Å²) in [6.07, 6.45) is 12.2. The molecule has 0 saturated carbocycles. The highest BCUT2D eigenvalue weighted by Crippen LogP contribution is 2.36. The molecule has 0 rings (SSSR count). The van der Waals surface area contributed by atoms with Crippen molar-refractivity contribution in [3.63, 3.8) is 0 Å². The third-order valence-corrected chi connectivity index (χ3v) is 3.92. The van der Waals surface area contributed by atoms with Crippen LogP contribution in [0.5, 0.6) is 0 Å². The second-order valence-electron chi connectivity index (χ2n) is 5.24. The normalized spacial score (nSPS) is 12.2. The minimum Gasteiger partial charge on any atom is -0.427 e. The fourth-order valence-corrected chi connectivity index (χ4v) is 3.17. The minimum atomic E-state index is 0.518. The van der Waals surface area contributed by atoms with Crippen LogP contribution in [0.4, 0.5) is 0 Å². The van der Waals surface area contributed by atoms with Crippen LogP contribution in [-0.4, -0.2) is 17.1 Å². The van der Waals surface area contributed by atoms with Gasteiger partial charge in [-0.15, -0.1) is 0 Å². The van der Waals surface area contributed by atoms with Gasteiger partial charge in [0.15, 0.2) is 0 Å². The molecule has 0 saturated heterocycles. The first-order valence-electron chi connectivity index (χ1n) is 7.23. The SMILES string of the molecule is CCCCC(CCCC)(CCCC)CO[SiH3]. The fourth-order valence-electron chi connectivity index (χ4n) is 2.55. The molecule has 0 aromatic rings. The lowest BCUT2D eigenvalue weighted by Gasteiger charge is -2.34. The lowest BCUT2D eigenvalue weighted by molar-refractivity contribution is 0.109. The largest absolute Gasteiger partial charge is 0.427 e. The lowest BCUT2D eigenvalue weighted by Crippen LogP contribution is -2.27. The summed E-state index contributed by atoms with van der Waals surface area (Å²) in [4.78, 5) is 0. The molecule has 0 fully saturated rings. The molecule has 0 aromatic heterocycles. The van der Waals surface area contributed by atoms with Crippen molar-refractivity contribution >= 4 is 10.5 Å². The molecule has 0 heterocycles. The van der Waals surface area contributed by atoms with E-state index in [1.807, 2.05) is 0 Å². The van der Waals surface area contributed by atoms with E-state index in [4.69, 9.17) is 4.43 Å². The Kier molecular flexibility index (Phi) is 10.5. The monoisotopic (exact) mass is 244 g/mol. The average molecular weight is 244 g/mol. The molecular formula is C14H32OSi. The van der Waals surface area contributed by atoms with E-state index in [-0.39, 0.29) is 0 Å². The van der Waals surface area contributed by atoms with E-state index >= 15 is 0 Å². The Hall–Kier alpha value is 0.177. The third-order valence-electron chi connectivity index (χ3n) is 3.63. The van der Waals surface area contributed by atoms with E-state index in [9.17, 15) is 0 Å². The van der Waals surface area contributed by atoms with Crippen molar-refractivity contribution in [2.45, 2.75) is 78.6 Å². The molecule has 0 spiro atoms. The molecule has 0 aromatic carbocycles. The summed E-state index contributed by atoms with van der Waals surface area (Å²) < 4.78 is 5.64. The Morgan fingerprint density at radius 1 is 0.812 bits per heavy atom. The van der Waals surface area contributed by atoms with Crippen LogP contribution in [-0.2, 0) is 4.43 Å². The Labute approximate surface area is 106 Å².